The van der Waals surface area contributed by atoms with Gasteiger partial charge in [0.15, 0.2) is 0 Å². The Labute approximate surface area is 115 Å². The molecule has 0 unspecified atom stereocenters. The van der Waals surface area contributed by atoms with Crippen LogP contribution >= 0.6 is 0 Å². The van der Waals surface area contributed by atoms with Gasteiger partial charge >= 0.3 is 0 Å². The first-order chi connectivity index (χ1) is 9.84. The molecule has 98 valence electrons. The van der Waals surface area contributed by atoms with E-state index in [4.69, 9.17) is 0 Å². The summed E-state index contributed by atoms with van der Waals surface area (Å²) in [5.41, 5.74) is 2.37. The van der Waals surface area contributed by atoms with Crippen LogP contribution in [0.5, 0.6) is 0 Å². The summed E-state index contributed by atoms with van der Waals surface area (Å²) in [4.78, 5) is 16.1. The van der Waals surface area contributed by atoms with Gasteiger partial charge in [-0.3, -0.25) is 4.79 Å². The third-order valence-corrected chi connectivity index (χ3v) is 3.09. The van der Waals surface area contributed by atoms with Gasteiger partial charge in [-0.15, -0.1) is 0 Å². The van der Waals surface area contributed by atoms with E-state index in [9.17, 15) is 4.79 Å². The third kappa shape index (κ3) is 2.47. The Bertz CT molecular complexity index is 822. The average molecular weight is 262 g/mol. The van der Waals surface area contributed by atoms with E-state index in [-0.39, 0.29) is 5.56 Å². The van der Waals surface area contributed by atoms with E-state index in [0.717, 1.165) is 0 Å². The highest BCUT2D eigenvalue weighted by Gasteiger charge is 2.00. The zero-order valence-corrected chi connectivity index (χ0v) is 10.8. The molecule has 3 nitrogen and oxygen atoms in total. The molecule has 2 aromatic carbocycles. The number of aromatic amines is 2. The lowest BCUT2D eigenvalue weighted by atomic mass is 10.2. The predicted molar refractivity (Wildman–Crippen MR) is 82.9 cm³/mol. The summed E-state index contributed by atoms with van der Waals surface area (Å²) in [5, 5.41) is 2.61. The van der Waals surface area contributed by atoms with Crippen molar-refractivity contribution >= 4 is 21.8 Å². The molecule has 0 aliphatic heterocycles. The van der Waals surface area contributed by atoms with Crippen molar-refractivity contribution in [2.75, 3.05) is 0 Å². The number of fused-ring (bicyclic) bond motifs is 3. The van der Waals surface area contributed by atoms with Crippen molar-refractivity contribution in [1.82, 2.24) is 9.97 Å². The van der Waals surface area contributed by atoms with Crippen LogP contribution in [0, 0.1) is 0 Å². The molecule has 0 atom stereocenters. The minimum Gasteiger partial charge on any atom is -0.355 e. The fourth-order valence-electron chi connectivity index (χ4n) is 2.18. The smallest absolute Gasteiger partial charge is 0.247 e. The van der Waals surface area contributed by atoms with Crippen LogP contribution in [0.25, 0.3) is 21.8 Å². The van der Waals surface area contributed by atoms with Gasteiger partial charge in [0.1, 0.15) is 0 Å². The van der Waals surface area contributed by atoms with Gasteiger partial charge in [0.05, 0.1) is 0 Å². The van der Waals surface area contributed by atoms with Crippen molar-refractivity contribution < 1.29 is 0 Å². The molecule has 0 bridgehead atoms. The van der Waals surface area contributed by atoms with Gasteiger partial charge in [-0.2, -0.15) is 0 Å². The van der Waals surface area contributed by atoms with Gasteiger partial charge in [-0.1, -0.05) is 42.5 Å². The first kappa shape index (κ1) is 12.2. The summed E-state index contributed by atoms with van der Waals surface area (Å²) in [6.07, 6.45) is 1.60. The van der Waals surface area contributed by atoms with Crippen molar-refractivity contribution in [2.45, 2.75) is 0 Å². The highest BCUT2D eigenvalue weighted by Crippen LogP contribution is 2.24. The van der Waals surface area contributed by atoms with Gasteiger partial charge in [0.25, 0.3) is 0 Å². The Morgan fingerprint density at radius 2 is 1.20 bits per heavy atom. The quantitative estimate of drug-likeness (QED) is 0.499. The van der Waals surface area contributed by atoms with Crippen LogP contribution in [0.4, 0.5) is 0 Å². The largest absolute Gasteiger partial charge is 0.355 e. The van der Waals surface area contributed by atoms with E-state index in [1.54, 1.807) is 18.3 Å². The Hall–Kier alpha value is -2.81. The number of H-pyrrole nitrogens is 2. The highest BCUT2D eigenvalue weighted by atomic mass is 16.1. The van der Waals surface area contributed by atoms with E-state index < -0.39 is 0 Å². The monoisotopic (exact) mass is 262 g/mol. The van der Waals surface area contributed by atoms with E-state index >= 15 is 0 Å². The molecule has 0 amide bonds. The van der Waals surface area contributed by atoms with Crippen LogP contribution in [0.1, 0.15) is 0 Å². The van der Waals surface area contributed by atoms with Crippen LogP contribution in [0.2, 0.25) is 0 Å². The summed E-state index contributed by atoms with van der Waals surface area (Å²) < 4.78 is 0. The molecule has 4 rings (SSSR count). The van der Waals surface area contributed by atoms with E-state index in [2.05, 4.69) is 58.5 Å². The summed E-state index contributed by atoms with van der Waals surface area (Å²) >= 11 is 0. The normalized spacial score (nSPS) is 10.2. The first-order valence-electron chi connectivity index (χ1n) is 6.44. The zero-order valence-electron chi connectivity index (χ0n) is 10.8. The van der Waals surface area contributed by atoms with Crippen LogP contribution in [0.15, 0.2) is 77.7 Å². The molecule has 20 heavy (non-hydrogen) atoms. The lowest BCUT2D eigenvalue weighted by Crippen LogP contribution is -1.98. The van der Waals surface area contributed by atoms with Gasteiger partial charge in [-0.25, -0.2) is 0 Å². The van der Waals surface area contributed by atoms with E-state index in [0.29, 0.717) is 0 Å². The Kier molecular flexibility index (Phi) is 3.33. The minimum atomic E-state index is -0.0532. The second kappa shape index (κ2) is 5.45. The summed E-state index contributed by atoms with van der Waals surface area (Å²) in [6, 6.07) is 21.7. The maximum absolute atomic E-state index is 10.2. The molecule has 2 heterocycles. The molecular formula is C17H14N2O. The number of benzene rings is 2. The van der Waals surface area contributed by atoms with Crippen molar-refractivity contribution in [3.8, 4) is 0 Å². The van der Waals surface area contributed by atoms with Crippen molar-refractivity contribution in [3.05, 3.63) is 83.3 Å². The number of aromatic nitrogens is 2. The second-order valence-electron chi connectivity index (χ2n) is 4.44. The SMILES string of the molecule is O=c1cccc[nH]1.c1ccc2c(c1)[nH]c1ccccc12. The van der Waals surface area contributed by atoms with Crippen molar-refractivity contribution in [3.63, 3.8) is 0 Å². The minimum absolute atomic E-state index is 0.0532. The van der Waals surface area contributed by atoms with Crippen LogP contribution in [-0.2, 0) is 0 Å². The van der Waals surface area contributed by atoms with Crippen molar-refractivity contribution in [1.29, 1.82) is 0 Å². The van der Waals surface area contributed by atoms with E-state index in [1.807, 2.05) is 0 Å². The predicted octanol–water partition coefficient (Wildman–Crippen LogP) is 3.70. The third-order valence-electron chi connectivity index (χ3n) is 3.09. The van der Waals surface area contributed by atoms with Gasteiger partial charge in [-0.05, 0) is 18.2 Å². The van der Waals surface area contributed by atoms with Crippen molar-refractivity contribution in [2.24, 2.45) is 0 Å². The lowest BCUT2D eigenvalue weighted by molar-refractivity contribution is 1.24. The maximum atomic E-state index is 10.2. The first-order valence-corrected chi connectivity index (χ1v) is 6.44. The molecule has 3 heteroatoms. The molecule has 0 aliphatic rings. The Balaban J connectivity index is 0.000000147. The standard InChI is InChI=1S/C12H9N.C5H5NO/c1-3-7-11-9(5-1)10-6-2-4-8-12(10)13-11;7-5-3-1-2-4-6-5/h1-8,13H;1-4H,(H,6,7). The van der Waals surface area contributed by atoms with Crippen LogP contribution in [-0.4, -0.2) is 9.97 Å². The molecule has 0 fully saturated rings. The second-order valence-corrected chi connectivity index (χ2v) is 4.44. The summed E-state index contributed by atoms with van der Waals surface area (Å²) in [7, 11) is 0. The van der Waals surface area contributed by atoms with E-state index in [1.165, 1.54) is 27.9 Å². The number of pyridine rings is 1. The van der Waals surface area contributed by atoms with Crippen LogP contribution in [0.3, 0.4) is 0 Å². The summed E-state index contributed by atoms with van der Waals surface area (Å²) in [5.74, 6) is 0. The van der Waals surface area contributed by atoms with Gasteiger partial charge in [0, 0.05) is 34.1 Å². The topological polar surface area (TPSA) is 48.6 Å². The number of rotatable bonds is 0. The molecule has 0 radical (unpaired) electrons. The average Bonchev–Trinajstić information content (AvgIpc) is 2.87. The number of hydrogen-bond acceptors (Lipinski definition) is 1. The number of para-hydroxylation sites is 2. The molecule has 0 saturated carbocycles. The Morgan fingerprint density at radius 3 is 1.65 bits per heavy atom. The molecule has 0 aliphatic carbocycles. The number of nitrogens with one attached hydrogen (secondary N) is 2. The fourth-order valence-corrected chi connectivity index (χ4v) is 2.18. The molecule has 2 aromatic heterocycles. The Morgan fingerprint density at radius 1 is 0.650 bits per heavy atom. The van der Waals surface area contributed by atoms with Gasteiger partial charge in [0.2, 0.25) is 5.56 Å². The zero-order chi connectivity index (χ0) is 13.8. The molecule has 4 aromatic rings. The fraction of sp³-hybridized carbons (Fsp3) is 0. The molecule has 0 spiro atoms. The molecule has 2 N–H and O–H groups in total. The highest BCUT2D eigenvalue weighted by molar-refractivity contribution is 6.06. The summed E-state index contributed by atoms with van der Waals surface area (Å²) in [6.45, 7) is 0. The number of hydrogen-bond donors (Lipinski definition) is 2. The van der Waals surface area contributed by atoms with Crippen LogP contribution < -0.4 is 5.56 Å². The maximum Gasteiger partial charge on any atom is 0.247 e. The molecule has 0 saturated heterocycles. The molecular weight excluding hydrogens is 248 g/mol. The van der Waals surface area contributed by atoms with Gasteiger partial charge < -0.3 is 9.97 Å². The lowest BCUT2D eigenvalue weighted by Gasteiger charge is -1.87.